The normalized spacial score (nSPS) is 17.6. The minimum absolute atomic E-state index is 0.0586. The molecule has 0 radical (unpaired) electrons. The van der Waals surface area contributed by atoms with Crippen molar-refractivity contribution in [1.82, 2.24) is 0 Å². The van der Waals surface area contributed by atoms with Gasteiger partial charge >= 0.3 is 0 Å². The van der Waals surface area contributed by atoms with E-state index in [0.29, 0.717) is 24.2 Å². The van der Waals surface area contributed by atoms with E-state index in [1.54, 1.807) is 30.3 Å². The van der Waals surface area contributed by atoms with Crippen molar-refractivity contribution < 1.29 is 31.8 Å². The van der Waals surface area contributed by atoms with Gasteiger partial charge in [0.05, 0.1) is 19.8 Å². The van der Waals surface area contributed by atoms with Crippen LogP contribution in [0.15, 0.2) is 60.7 Å². The largest absolute Gasteiger partial charge is 0.490 e. The van der Waals surface area contributed by atoms with E-state index in [1.165, 1.54) is 18.2 Å². The van der Waals surface area contributed by atoms with Crippen molar-refractivity contribution in [3.8, 4) is 28.0 Å². The molecular weight excluding hydrogens is 508 g/mol. The van der Waals surface area contributed by atoms with Gasteiger partial charge in [-0.1, -0.05) is 68.3 Å². The Kier molecular flexibility index (Phi) is 10.2. The standard InChI is InChI=1S/C32H34F4O3/c1-3-5-7-9-28-38-19-23(20-39-28)26-15-14-24(29(33)30(26)34)21-10-12-22(13-11-21)25-16-17-27(32(36)31(25)35)37-18-8-6-4-2/h3,5,10-17,23,28H,4,6-9,18-20H2,1-2H3/b5-3+. The van der Waals surface area contributed by atoms with Gasteiger partial charge in [0.25, 0.3) is 0 Å². The summed E-state index contributed by atoms with van der Waals surface area (Å²) < 4.78 is 76.4. The zero-order chi connectivity index (χ0) is 27.8. The predicted molar refractivity (Wildman–Crippen MR) is 145 cm³/mol. The van der Waals surface area contributed by atoms with Gasteiger partial charge in [-0.25, -0.2) is 13.2 Å². The Hall–Kier alpha value is -3.16. The van der Waals surface area contributed by atoms with Crippen LogP contribution in [0, 0.1) is 23.3 Å². The Morgan fingerprint density at radius 3 is 2.03 bits per heavy atom. The third-order valence-corrected chi connectivity index (χ3v) is 6.88. The molecule has 1 heterocycles. The molecule has 3 aromatic carbocycles. The first-order valence-corrected chi connectivity index (χ1v) is 13.5. The number of rotatable bonds is 11. The van der Waals surface area contributed by atoms with E-state index in [0.717, 1.165) is 25.7 Å². The van der Waals surface area contributed by atoms with Crippen LogP contribution >= 0.6 is 0 Å². The summed E-state index contributed by atoms with van der Waals surface area (Å²) >= 11 is 0. The van der Waals surface area contributed by atoms with Crippen LogP contribution in [0.3, 0.4) is 0 Å². The molecule has 208 valence electrons. The van der Waals surface area contributed by atoms with Gasteiger partial charge in [-0.2, -0.15) is 4.39 Å². The molecule has 0 aromatic heterocycles. The van der Waals surface area contributed by atoms with Crippen LogP contribution in [0.2, 0.25) is 0 Å². The van der Waals surface area contributed by atoms with E-state index >= 15 is 8.78 Å². The molecule has 0 N–H and O–H groups in total. The average Bonchev–Trinajstić information content (AvgIpc) is 2.96. The van der Waals surface area contributed by atoms with Crippen LogP contribution in [0.4, 0.5) is 17.6 Å². The lowest BCUT2D eigenvalue weighted by Crippen LogP contribution is -2.31. The first-order valence-electron chi connectivity index (χ1n) is 13.5. The summed E-state index contributed by atoms with van der Waals surface area (Å²) in [5.74, 6) is -4.51. The lowest BCUT2D eigenvalue weighted by molar-refractivity contribution is -0.189. The van der Waals surface area contributed by atoms with E-state index in [4.69, 9.17) is 14.2 Å². The topological polar surface area (TPSA) is 27.7 Å². The van der Waals surface area contributed by atoms with Crippen LogP contribution in [0.25, 0.3) is 22.3 Å². The zero-order valence-corrected chi connectivity index (χ0v) is 22.3. The maximum absolute atomic E-state index is 15.1. The minimum Gasteiger partial charge on any atom is -0.490 e. The second kappa shape index (κ2) is 13.8. The molecule has 3 aromatic rings. The third-order valence-electron chi connectivity index (χ3n) is 6.88. The highest BCUT2D eigenvalue weighted by Gasteiger charge is 2.27. The van der Waals surface area contributed by atoms with Gasteiger partial charge in [0.1, 0.15) is 0 Å². The summed E-state index contributed by atoms with van der Waals surface area (Å²) in [7, 11) is 0. The van der Waals surface area contributed by atoms with E-state index in [-0.39, 0.29) is 41.9 Å². The van der Waals surface area contributed by atoms with Crippen molar-refractivity contribution in [2.75, 3.05) is 19.8 Å². The summed E-state index contributed by atoms with van der Waals surface area (Å²) in [5, 5.41) is 0. The van der Waals surface area contributed by atoms with Crippen molar-refractivity contribution >= 4 is 0 Å². The molecule has 0 spiro atoms. The number of allylic oxidation sites excluding steroid dienone is 2. The van der Waals surface area contributed by atoms with Crippen LogP contribution in [0.5, 0.6) is 5.75 Å². The maximum Gasteiger partial charge on any atom is 0.201 e. The second-order valence-electron chi connectivity index (χ2n) is 9.64. The first kappa shape index (κ1) is 28.8. The van der Waals surface area contributed by atoms with Crippen molar-refractivity contribution in [2.45, 2.75) is 58.2 Å². The zero-order valence-electron chi connectivity index (χ0n) is 22.3. The molecule has 39 heavy (non-hydrogen) atoms. The molecule has 1 aliphatic rings. The smallest absolute Gasteiger partial charge is 0.201 e. The van der Waals surface area contributed by atoms with Gasteiger partial charge < -0.3 is 14.2 Å². The van der Waals surface area contributed by atoms with Crippen LogP contribution < -0.4 is 4.74 Å². The van der Waals surface area contributed by atoms with Gasteiger partial charge in [-0.05, 0) is 48.6 Å². The Morgan fingerprint density at radius 1 is 0.795 bits per heavy atom. The molecule has 0 aliphatic carbocycles. The van der Waals surface area contributed by atoms with E-state index in [9.17, 15) is 8.78 Å². The van der Waals surface area contributed by atoms with E-state index in [2.05, 4.69) is 0 Å². The highest BCUT2D eigenvalue weighted by Crippen LogP contribution is 2.34. The molecule has 7 heteroatoms. The van der Waals surface area contributed by atoms with Crippen molar-refractivity contribution in [3.05, 3.63) is 89.5 Å². The van der Waals surface area contributed by atoms with Gasteiger partial charge in [-0.3, -0.25) is 0 Å². The fourth-order valence-electron chi connectivity index (χ4n) is 4.62. The number of hydrogen-bond donors (Lipinski definition) is 0. The molecule has 1 aliphatic heterocycles. The fourth-order valence-corrected chi connectivity index (χ4v) is 4.62. The number of benzene rings is 3. The summed E-state index contributed by atoms with van der Waals surface area (Å²) in [6.07, 6.45) is 7.86. The highest BCUT2D eigenvalue weighted by atomic mass is 19.2. The number of halogens is 4. The monoisotopic (exact) mass is 542 g/mol. The number of unbranched alkanes of at least 4 members (excludes halogenated alkanes) is 2. The molecular formula is C32H34F4O3. The molecule has 0 unspecified atom stereocenters. The lowest BCUT2D eigenvalue weighted by atomic mass is 9.94. The Morgan fingerprint density at radius 2 is 1.41 bits per heavy atom. The van der Waals surface area contributed by atoms with Gasteiger partial charge in [0.15, 0.2) is 29.5 Å². The molecule has 4 rings (SSSR count). The predicted octanol–water partition coefficient (Wildman–Crippen LogP) is 8.96. The molecule has 1 fully saturated rings. The Labute approximate surface area is 227 Å². The molecule has 0 saturated carbocycles. The second-order valence-corrected chi connectivity index (χ2v) is 9.64. The van der Waals surface area contributed by atoms with Crippen LogP contribution in [-0.2, 0) is 9.47 Å². The quantitative estimate of drug-likeness (QED) is 0.138. The molecule has 3 nitrogen and oxygen atoms in total. The third kappa shape index (κ3) is 6.89. The first-order chi connectivity index (χ1) is 18.9. The highest BCUT2D eigenvalue weighted by molar-refractivity contribution is 5.72. The Bertz CT molecular complexity index is 1270. The number of ether oxygens (including phenoxy) is 3. The van der Waals surface area contributed by atoms with Crippen LogP contribution in [0.1, 0.15) is 57.4 Å². The van der Waals surface area contributed by atoms with Gasteiger partial charge in [0, 0.05) is 23.5 Å². The summed E-state index contributed by atoms with van der Waals surface area (Å²) in [4.78, 5) is 0. The molecule has 0 amide bonds. The molecule has 1 saturated heterocycles. The summed E-state index contributed by atoms with van der Waals surface area (Å²) in [5.41, 5.74) is 1.16. The summed E-state index contributed by atoms with van der Waals surface area (Å²) in [6.45, 7) is 4.80. The molecule has 0 bridgehead atoms. The van der Waals surface area contributed by atoms with Gasteiger partial charge in [0.2, 0.25) is 5.82 Å². The van der Waals surface area contributed by atoms with Crippen molar-refractivity contribution in [2.24, 2.45) is 0 Å². The van der Waals surface area contributed by atoms with Crippen molar-refractivity contribution in [1.29, 1.82) is 0 Å². The van der Waals surface area contributed by atoms with Crippen LogP contribution in [-0.4, -0.2) is 26.1 Å². The van der Waals surface area contributed by atoms with E-state index in [1.807, 2.05) is 26.0 Å². The lowest BCUT2D eigenvalue weighted by Gasteiger charge is -2.30. The van der Waals surface area contributed by atoms with Gasteiger partial charge in [-0.15, -0.1) is 0 Å². The molecule has 0 atom stereocenters. The Balaban J connectivity index is 1.46. The maximum atomic E-state index is 15.1. The van der Waals surface area contributed by atoms with E-state index < -0.39 is 29.2 Å². The summed E-state index contributed by atoms with van der Waals surface area (Å²) in [6, 6.07) is 12.2. The number of hydrogen-bond acceptors (Lipinski definition) is 3. The SMILES string of the molecule is C/C=C/CCC1OCC(c2ccc(-c3ccc(-c4ccc(OCCCCC)c(F)c4F)cc3)c(F)c2F)CO1. The minimum atomic E-state index is -1.04. The van der Waals surface area contributed by atoms with Crippen molar-refractivity contribution in [3.63, 3.8) is 0 Å². The average molecular weight is 543 g/mol. The fraction of sp³-hybridized carbons (Fsp3) is 0.375.